The topological polar surface area (TPSA) is 72.2 Å². The number of nitrogen functional groups attached to an aromatic ring is 1. The Bertz CT molecular complexity index is 704. The van der Waals surface area contributed by atoms with Crippen LogP contribution in [-0.2, 0) is 15.6 Å². The molecule has 0 aliphatic carbocycles. The van der Waals surface area contributed by atoms with Crippen LogP contribution in [0.2, 0.25) is 5.02 Å². The molecule has 1 amide bonds. The monoisotopic (exact) mass is 322 g/mol. The summed E-state index contributed by atoms with van der Waals surface area (Å²) < 4.78 is 12.2. The molecule has 2 aromatic rings. The van der Waals surface area contributed by atoms with Crippen molar-refractivity contribution in [2.75, 3.05) is 16.8 Å². The number of carbonyl (C=O) groups excluding carboxylic acids is 1. The minimum absolute atomic E-state index is 0.168. The molecule has 3 N–H and O–H groups in total. The van der Waals surface area contributed by atoms with Crippen molar-refractivity contribution in [2.24, 2.45) is 0 Å². The second-order valence-electron chi connectivity index (χ2n) is 4.56. The summed E-state index contributed by atoms with van der Waals surface area (Å²) in [5, 5.41) is 3.08. The van der Waals surface area contributed by atoms with Crippen LogP contribution in [0.1, 0.15) is 5.56 Å². The van der Waals surface area contributed by atoms with Gasteiger partial charge in [-0.3, -0.25) is 9.00 Å². The van der Waals surface area contributed by atoms with Crippen molar-refractivity contribution in [1.29, 1.82) is 0 Å². The Morgan fingerprint density at radius 1 is 1.29 bits per heavy atom. The molecule has 2 rings (SSSR count). The Morgan fingerprint density at radius 2 is 2.00 bits per heavy atom. The summed E-state index contributed by atoms with van der Waals surface area (Å²) in [6, 6.07) is 12.1. The van der Waals surface area contributed by atoms with Crippen molar-refractivity contribution in [2.45, 2.75) is 11.8 Å². The van der Waals surface area contributed by atoms with Crippen LogP contribution in [0, 0.1) is 6.92 Å². The van der Waals surface area contributed by atoms with E-state index < -0.39 is 10.8 Å². The average Bonchev–Trinajstić information content (AvgIpc) is 2.44. The van der Waals surface area contributed by atoms with Crippen LogP contribution in [0.4, 0.5) is 11.4 Å². The lowest BCUT2D eigenvalue weighted by atomic mass is 10.2. The van der Waals surface area contributed by atoms with E-state index in [1.165, 1.54) is 0 Å². The third-order valence-electron chi connectivity index (χ3n) is 2.82. The Kier molecular flexibility index (Phi) is 4.98. The van der Waals surface area contributed by atoms with E-state index in [1.54, 1.807) is 36.4 Å². The van der Waals surface area contributed by atoms with Gasteiger partial charge >= 0.3 is 0 Å². The highest BCUT2D eigenvalue weighted by Gasteiger charge is 2.14. The Balaban J connectivity index is 2.08. The Morgan fingerprint density at radius 3 is 2.71 bits per heavy atom. The van der Waals surface area contributed by atoms with E-state index in [0.29, 0.717) is 21.3 Å². The number of hydrogen-bond acceptors (Lipinski definition) is 3. The first-order valence-corrected chi connectivity index (χ1v) is 7.96. The predicted octanol–water partition coefficient (Wildman–Crippen LogP) is 2.98. The standard InChI is InChI=1S/C15H15ClN2O2S/c1-10-6-7-12(17)14(8-10)21(20)9-15(19)18-13-5-3-2-4-11(13)16/h2-8H,9,17H2,1H3,(H,18,19). The highest BCUT2D eigenvalue weighted by molar-refractivity contribution is 7.86. The molecule has 110 valence electrons. The number of aryl methyl sites for hydroxylation is 1. The van der Waals surface area contributed by atoms with E-state index in [0.717, 1.165) is 5.56 Å². The number of amides is 1. The van der Waals surface area contributed by atoms with Crippen molar-refractivity contribution < 1.29 is 9.00 Å². The molecular formula is C15H15ClN2O2S. The molecule has 0 heterocycles. The largest absolute Gasteiger partial charge is 0.398 e. The van der Waals surface area contributed by atoms with Gasteiger partial charge in [0.05, 0.1) is 26.4 Å². The number of nitrogens with one attached hydrogen (secondary N) is 1. The number of rotatable bonds is 4. The Labute approximate surface area is 130 Å². The first kappa shape index (κ1) is 15.5. The van der Waals surface area contributed by atoms with Crippen LogP contribution in [0.15, 0.2) is 47.4 Å². The zero-order valence-corrected chi connectivity index (χ0v) is 13.0. The fraction of sp³-hybridized carbons (Fsp3) is 0.133. The zero-order valence-electron chi connectivity index (χ0n) is 11.4. The maximum atomic E-state index is 12.2. The summed E-state index contributed by atoms with van der Waals surface area (Å²) >= 11 is 5.96. The first-order chi connectivity index (χ1) is 9.97. The molecule has 1 atom stereocenters. The fourth-order valence-electron chi connectivity index (χ4n) is 1.78. The molecule has 0 aromatic heterocycles. The normalized spacial score (nSPS) is 11.9. The molecule has 0 radical (unpaired) electrons. The second kappa shape index (κ2) is 6.74. The summed E-state index contributed by atoms with van der Waals surface area (Å²) in [5.41, 5.74) is 7.66. The van der Waals surface area contributed by atoms with Gasteiger partial charge in [-0.15, -0.1) is 0 Å². The number of para-hydroxylation sites is 1. The van der Waals surface area contributed by atoms with Gasteiger partial charge in [0.25, 0.3) is 0 Å². The van der Waals surface area contributed by atoms with E-state index >= 15 is 0 Å². The van der Waals surface area contributed by atoms with Crippen molar-refractivity contribution in [1.82, 2.24) is 0 Å². The Hall–Kier alpha value is -1.85. The van der Waals surface area contributed by atoms with Gasteiger partial charge < -0.3 is 11.1 Å². The van der Waals surface area contributed by atoms with Crippen LogP contribution in [0.25, 0.3) is 0 Å². The number of halogens is 1. The summed E-state index contributed by atoms with van der Waals surface area (Å²) in [5.74, 6) is -0.541. The fourth-order valence-corrected chi connectivity index (χ4v) is 3.08. The lowest BCUT2D eigenvalue weighted by Crippen LogP contribution is -2.20. The van der Waals surface area contributed by atoms with Crippen molar-refractivity contribution in [3.8, 4) is 0 Å². The molecule has 0 aliphatic rings. The van der Waals surface area contributed by atoms with Gasteiger partial charge in [-0.1, -0.05) is 29.8 Å². The van der Waals surface area contributed by atoms with Gasteiger partial charge in [-0.25, -0.2) is 0 Å². The van der Waals surface area contributed by atoms with Gasteiger partial charge in [-0.2, -0.15) is 0 Å². The van der Waals surface area contributed by atoms with Crippen molar-refractivity contribution in [3.05, 3.63) is 53.1 Å². The maximum Gasteiger partial charge on any atom is 0.237 e. The van der Waals surface area contributed by atoms with Crippen LogP contribution < -0.4 is 11.1 Å². The molecule has 0 saturated carbocycles. The smallest absolute Gasteiger partial charge is 0.237 e. The van der Waals surface area contributed by atoms with Crippen molar-refractivity contribution >= 4 is 39.7 Å². The molecule has 2 aromatic carbocycles. The minimum Gasteiger partial charge on any atom is -0.398 e. The van der Waals surface area contributed by atoms with Crippen molar-refractivity contribution in [3.63, 3.8) is 0 Å². The van der Waals surface area contributed by atoms with Gasteiger partial charge in [-0.05, 0) is 36.8 Å². The summed E-state index contributed by atoms with van der Waals surface area (Å²) in [4.78, 5) is 12.4. The molecule has 0 aliphatic heterocycles. The summed E-state index contributed by atoms with van der Waals surface area (Å²) in [7, 11) is -1.50. The summed E-state index contributed by atoms with van der Waals surface area (Å²) in [6.07, 6.45) is 0. The third kappa shape index (κ3) is 4.06. The molecule has 0 bridgehead atoms. The van der Waals surface area contributed by atoms with Crippen LogP contribution in [-0.4, -0.2) is 15.9 Å². The molecule has 0 spiro atoms. The van der Waals surface area contributed by atoms with Crippen LogP contribution in [0.5, 0.6) is 0 Å². The van der Waals surface area contributed by atoms with Crippen LogP contribution >= 0.6 is 11.6 Å². The molecule has 4 nitrogen and oxygen atoms in total. The molecule has 0 fully saturated rings. The summed E-state index contributed by atoms with van der Waals surface area (Å²) in [6.45, 7) is 1.88. The number of benzene rings is 2. The van der Waals surface area contributed by atoms with E-state index in [1.807, 2.05) is 13.0 Å². The molecule has 6 heteroatoms. The zero-order chi connectivity index (χ0) is 15.4. The van der Waals surface area contributed by atoms with Crippen LogP contribution in [0.3, 0.4) is 0 Å². The average molecular weight is 323 g/mol. The molecular weight excluding hydrogens is 308 g/mol. The van der Waals surface area contributed by atoms with Gasteiger partial charge in [0.15, 0.2) is 0 Å². The predicted molar refractivity (Wildman–Crippen MR) is 86.9 cm³/mol. The van der Waals surface area contributed by atoms with E-state index in [4.69, 9.17) is 17.3 Å². The molecule has 21 heavy (non-hydrogen) atoms. The number of nitrogens with two attached hydrogens (primary N) is 1. The number of hydrogen-bond donors (Lipinski definition) is 2. The maximum absolute atomic E-state index is 12.2. The minimum atomic E-state index is -1.50. The quantitative estimate of drug-likeness (QED) is 0.850. The highest BCUT2D eigenvalue weighted by atomic mass is 35.5. The highest BCUT2D eigenvalue weighted by Crippen LogP contribution is 2.21. The lowest BCUT2D eigenvalue weighted by Gasteiger charge is -2.09. The van der Waals surface area contributed by atoms with Gasteiger partial charge in [0.2, 0.25) is 5.91 Å². The second-order valence-corrected chi connectivity index (χ2v) is 6.39. The van der Waals surface area contributed by atoms with E-state index in [-0.39, 0.29) is 11.7 Å². The first-order valence-electron chi connectivity index (χ1n) is 6.26. The number of carbonyl (C=O) groups is 1. The van der Waals surface area contributed by atoms with Gasteiger partial charge in [0.1, 0.15) is 5.75 Å². The third-order valence-corrected chi connectivity index (χ3v) is 4.52. The SMILES string of the molecule is Cc1ccc(N)c(S(=O)CC(=O)Nc2ccccc2Cl)c1. The molecule has 1 unspecified atom stereocenters. The lowest BCUT2D eigenvalue weighted by molar-refractivity contribution is -0.113. The molecule has 0 saturated heterocycles. The van der Waals surface area contributed by atoms with E-state index in [9.17, 15) is 9.00 Å². The van der Waals surface area contributed by atoms with Gasteiger partial charge in [0, 0.05) is 5.69 Å². The van der Waals surface area contributed by atoms with E-state index in [2.05, 4.69) is 5.32 Å². The number of anilines is 2.